The zero-order valence-corrected chi connectivity index (χ0v) is 13.1. The normalized spacial score (nSPS) is 11.1. The molecule has 0 radical (unpaired) electrons. The van der Waals surface area contributed by atoms with Crippen LogP contribution in [0.1, 0.15) is 5.56 Å². The van der Waals surface area contributed by atoms with E-state index in [-0.39, 0.29) is 12.5 Å². The summed E-state index contributed by atoms with van der Waals surface area (Å²) in [6.07, 6.45) is 1.59. The van der Waals surface area contributed by atoms with E-state index in [0.717, 1.165) is 21.1 Å². The predicted octanol–water partition coefficient (Wildman–Crippen LogP) is 2.34. The number of benzene rings is 2. The zero-order chi connectivity index (χ0) is 15.4. The Balaban J connectivity index is 1.63. The molecule has 0 fully saturated rings. The predicted molar refractivity (Wildman–Crippen MR) is 87.4 cm³/mol. The average Bonchev–Trinajstić information content (AvgIpc) is 2.91. The highest BCUT2D eigenvalue weighted by molar-refractivity contribution is 9.10. The third-order valence-corrected chi connectivity index (χ3v) is 3.46. The van der Waals surface area contributed by atoms with Crippen LogP contribution in [-0.2, 0) is 11.3 Å². The number of rotatable bonds is 4. The Morgan fingerprint density at radius 2 is 2.14 bits per heavy atom. The van der Waals surface area contributed by atoms with E-state index in [0.29, 0.717) is 0 Å². The molecular weight excluding hydrogens is 346 g/mol. The SMILES string of the molecule is O=C(Cn1nnc2ccccc21)N/N=C/c1cccc(Br)c1. The van der Waals surface area contributed by atoms with Gasteiger partial charge in [-0.1, -0.05) is 45.4 Å². The lowest BCUT2D eigenvalue weighted by atomic mass is 10.2. The quantitative estimate of drug-likeness (QED) is 0.575. The molecular formula is C15H12BrN5O. The standard InChI is InChI=1S/C15H12BrN5O/c16-12-5-3-4-11(8-12)9-17-19-15(22)10-21-14-7-2-1-6-13(14)18-20-21/h1-9H,10H2,(H,19,22)/b17-9+. The molecule has 1 heterocycles. The average molecular weight is 358 g/mol. The van der Waals surface area contributed by atoms with Gasteiger partial charge in [0.15, 0.2) is 0 Å². The van der Waals surface area contributed by atoms with Crippen molar-refractivity contribution in [1.82, 2.24) is 20.4 Å². The zero-order valence-electron chi connectivity index (χ0n) is 11.5. The van der Waals surface area contributed by atoms with E-state index in [4.69, 9.17) is 0 Å². The van der Waals surface area contributed by atoms with Crippen molar-refractivity contribution >= 4 is 39.1 Å². The monoisotopic (exact) mass is 357 g/mol. The number of carbonyl (C=O) groups excluding carboxylic acids is 1. The van der Waals surface area contributed by atoms with Gasteiger partial charge in [0, 0.05) is 4.47 Å². The highest BCUT2D eigenvalue weighted by Crippen LogP contribution is 2.10. The lowest BCUT2D eigenvalue weighted by molar-refractivity contribution is -0.121. The van der Waals surface area contributed by atoms with Gasteiger partial charge in [-0.2, -0.15) is 5.10 Å². The Bertz CT molecular complexity index is 843. The molecule has 0 aliphatic rings. The van der Waals surface area contributed by atoms with Crippen molar-refractivity contribution in [2.24, 2.45) is 5.10 Å². The minimum atomic E-state index is -0.262. The first-order chi connectivity index (χ1) is 10.7. The van der Waals surface area contributed by atoms with Crippen molar-refractivity contribution < 1.29 is 4.79 Å². The van der Waals surface area contributed by atoms with Gasteiger partial charge in [-0.05, 0) is 29.8 Å². The fourth-order valence-electron chi connectivity index (χ4n) is 1.97. The molecule has 110 valence electrons. The number of hydrazone groups is 1. The van der Waals surface area contributed by atoms with Gasteiger partial charge in [0.1, 0.15) is 12.1 Å². The molecule has 0 spiro atoms. The highest BCUT2D eigenvalue weighted by Gasteiger charge is 2.07. The number of nitrogens with one attached hydrogen (secondary N) is 1. The topological polar surface area (TPSA) is 72.2 Å². The lowest BCUT2D eigenvalue weighted by Crippen LogP contribution is -2.23. The number of nitrogens with zero attached hydrogens (tertiary/aromatic N) is 4. The third-order valence-electron chi connectivity index (χ3n) is 2.97. The van der Waals surface area contributed by atoms with Crippen LogP contribution in [0.4, 0.5) is 0 Å². The first-order valence-corrected chi connectivity index (χ1v) is 7.37. The number of fused-ring (bicyclic) bond motifs is 1. The number of carbonyl (C=O) groups is 1. The van der Waals surface area contributed by atoms with Crippen molar-refractivity contribution in [1.29, 1.82) is 0 Å². The van der Waals surface area contributed by atoms with Gasteiger partial charge in [0.25, 0.3) is 5.91 Å². The summed E-state index contributed by atoms with van der Waals surface area (Å²) in [4.78, 5) is 11.9. The number of halogens is 1. The van der Waals surface area contributed by atoms with Gasteiger partial charge >= 0.3 is 0 Å². The number of amides is 1. The molecule has 0 bridgehead atoms. The summed E-state index contributed by atoms with van der Waals surface area (Å²) in [7, 11) is 0. The van der Waals surface area contributed by atoms with Crippen molar-refractivity contribution in [2.75, 3.05) is 0 Å². The molecule has 0 aliphatic heterocycles. The van der Waals surface area contributed by atoms with Gasteiger partial charge in [-0.3, -0.25) is 4.79 Å². The van der Waals surface area contributed by atoms with Gasteiger partial charge in [-0.15, -0.1) is 5.10 Å². The summed E-state index contributed by atoms with van der Waals surface area (Å²) in [6.45, 7) is 0.0658. The number of hydrogen-bond acceptors (Lipinski definition) is 4. The number of hydrogen-bond donors (Lipinski definition) is 1. The van der Waals surface area contributed by atoms with Gasteiger partial charge in [-0.25, -0.2) is 10.1 Å². The van der Waals surface area contributed by atoms with E-state index in [1.165, 1.54) is 0 Å². The molecule has 3 aromatic rings. The first kappa shape index (κ1) is 14.4. The van der Waals surface area contributed by atoms with E-state index in [1.54, 1.807) is 10.9 Å². The molecule has 2 aromatic carbocycles. The molecule has 1 amide bonds. The lowest BCUT2D eigenvalue weighted by Gasteiger charge is -2.01. The second-order valence-electron chi connectivity index (χ2n) is 4.58. The molecule has 1 N–H and O–H groups in total. The van der Waals surface area contributed by atoms with Crippen LogP contribution in [0.5, 0.6) is 0 Å². The van der Waals surface area contributed by atoms with Crippen molar-refractivity contribution in [3.8, 4) is 0 Å². The van der Waals surface area contributed by atoms with E-state index < -0.39 is 0 Å². The third kappa shape index (κ3) is 3.37. The van der Waals surface area contributed by atoms with Crippen LogP contribution in [0.2, 0.25) is 0 Å². The largest absolute Gasteiger partial charge is 0.271 e. The number of aromatic nitrogens is 3. The molecule has 3 rings (SSSR count). The van der Waals surface area contributed by atoms with Crippen LogP contribution in [0.3, 0.4) is 0 Å². The summed E-state index contributed by atoms with van der Waals surface area (Å²) < 4.78 is 2.50. The van der Waals surface area contributed by atoms with Crippen molar-refractivity contribution in [3.63, 3.8) is 0 Å². The summed E-state index contributed by atoms with van der Waals surface area (Å²) in [5, 5.41) is 11.9. The van der Waals surface area contributed by atoms with Crippen molar-refractivity contribution in [3.05, 3.63) is 58.6 Å². The van der Waals surface area contributed by atoms with Crippen LogP contribution < -0.4 is 5.43 Å². The molecule has 6 nitrogen and oxygen atoms in total. The molecule has 0 saturated heterocycles. The second-order valence-corrected chi connectivity index (χ2v) is 5.50. The van der Waals surface area contributed by atoms with E-state index in [9.17, 15) is 4.79 Å². The Kier molecular flexibility index (Phi) is 4.24. The maximum absolute atomic E-state index is 11.9. The summed E-state index contributed by atoms with van der Waals surface area (Å²) in [5.41, 5.74) is 4.94. The molecule has 1 aromatic heterocycles. The maximum atomic E-state index is 11.9. The fraction of sp³-hybridized carbons (Fsp3) is 0.0667. The van der Waals surface area contributed by atoms with E-state index in [2.05, 4.69) is 36.8 Å². The first-order valence-electron chi connectivity index (χ1n) is 6.58. The van der Waals surface area contributed by atoms with Gasteiger partial charge in [0.2, 0.25) is 0 Å². The molecule has 0 unspecified atom stereocenters. The van der Waals surface area contributed by atoms with Crippen LogP contribution in [0.15, 0.2) is 58.1 Å². The molecule has 7 heteroatoms. The van der Waals surface area contributed by atoms with E-state index in [1.807, 2.05) is 48.5 Å². The Morgan fingerprint density at radius 1 is 1.27 bits per heavy atom. The Hall–Kier alpha value is -2.54. The Labute approximate surface area is 135 Å². The van der Waals surface area contributed by atoms with Crippen molar-refractivity contribution in [2.45, 2.75) is 6.54 Å². The Morgan fingerprint density at radius 3 is 3.00 bits per heavy atom. The minimum absolute atomic E-state index is 0.0658. The highest BCUT2D eigenvalue weighted by atomic mass is 79.9. The van der Waals surface area contributed by atoms with Crippen LogP contribution >= 0.6 is 15.9 Å². The molecule has 0 saturated carbocycles. The fourth-order valence-corrected chi connectivity index (χ4v) is 2.39. The smallest absolute Gasteiger partial charge is 0.261 e. The van der Waals surface area contributed by atoms with Crippen LogP contribution in [-0.4, -0.2) is 27.1 Å². The minimum Gasteiger partial charge on any atom is -0.271 e. The maximum Gasteiger partial charge on any atom is 0.261 e. The summed E-state index contributed by atoms with van der Waals surface area (Å²) >= 11 is 3.38. The van der Waals surface area contributed by atoms with E-state index >= 15 is 0 Å². The van der Waals surface area contributed by atoms with Gasteiger partial charge < -0.3 is 0 Å². The van der Waals surface area contributed by atoms with Crippen LogP contribution in [0, 0.1) is 0 Å². The second kappa shape index (κ2) is 6.48. The molecule has 22 heavy (non-hydrogen) atoms. The summed E-state index contributed by atoms with van der Waals surface area (Å²) in [6, 6.07) is 15.1. The van der Waals surface area contributed by atoms with Gasteiger partial charge in [0.05, 0.1) is 11.7 Å². The molecule has 0 atom stereocenters. The number of para-hydroxylation sites is 1. The summed E-state index contributed by atoms with van der Waals surface area (Å²) in [5.74, 6) is -0.262. The van der Waals surface area contributed by atoms with Crippen LogP contribution in [0.25, 0.3) is 11.0 Å². The molecule has 0 aliphatic carbocycles.